The molecule has 1 atom stereocenters. The van der Waals surface area contributed by atoms with Crippen LogP contribution in [-0.4, -0.2) is 18.4 Å². The molecule has 5 nitrogen and oxygen atoms in total. The second-order valence-electron chi connectivity index (χ2n) is 6.85. The number of ether oxygens (including phenoxy) is 1. The first-order valence-corrected chi connectivity index (χ1v) is 10.3. The van der Waals surface area contributed by atoms with Crippen molar-refractivity contribution in [2.24, 2.45) is 11.7 Å². The molecule has 1 aliphatic rings. The van der Waals surface area contributed by atoms with Gasteiger partial charge in [-0.25, -0.2) is 0 Å². The number of amides is 2. The molecule has 0 saturated heterocycles. The molecular weight excluding hydrogens is 360 g/mol. The number of anilines is 1. The monoisotopic (exact) mass is 386 g/mol. The van der Waals surface area contributed by atoms with Gasteiger partial charge in [0, 0.05) is 4.88 Å². The lowest BCUT2D eigenvalue weighted by Crippen LogP contribution is -2.20. The van der Waals surface area contributed by atoms with E-state index in [1.807, 2.05) is 13.0 Å². The molecule has 3 rings (SSSR count). The molecular formula is C21H26N2O3S. The average molecular weight is 387 g/mol. The number of primary amides is 1. The first-order chi connectivity index (χ1) is 13.0. The lowest BCUT2D eigenvalue weighted by Gasteiger charge is -2.21. The Bertz CT molecular complexity index is 844. The summed E-state index contributed by atoms with van der Waals surface area (Å²) >= 11 is 1.49. The highest BCUT2D eigenvalue weighted by Crippen LogP contribution is 2.40. The van der Waals surface area contributed by atoms with Crippen LogP contribution in [0.1, 0.15) is 64.3 Å². The zero-order chi connectivity index (χ0) is 19.4. The number of hydrogen-bond acceptors (Lipinski definition) is 4. The van der Waals surface area contributed by atoms with E-state index >= 15 is 0 Å². The lowest BCUT2D eigenvalue weighted by atomic mass is 9.84. The number of nitrogens with one attached hydrogen (secondary N) is 1. The largest absolute Gasteiger partial charge is 0.493 e. The quantitative estimate of drug-likeness (QED) is 0.740. The second kappa shape index (κ2) is 8.57. The van der Waals surface area contributed by atoms with E-state index in [0.717, 1.165) is 31.2 Å². The molecule has 3 N–H and O–H groups in total. The van der Waals surface area contributed by atoms with Gasteiger partial charge in [-0.05, 0) is 49.8 Å². The summed E-state index contributed by atoms with van der Waals surface area (Å²) in [5.74, 6) is 0.409. The van der Waals surface area contributed by atoms with Crippen LogP contribution in [0.4, 0.5) is 5.00 Å². The van der Waals surface area contributed by atoms with Crippen molar-refractivity contribution in [3.05, 3.63) is 45.8 Å². The molecule has 1 heterocycles. The Morgan fingerprint density at radius 3 is 2.78 bits per heavy atom. The Labute approximate surface area is 163 Å². The van der Waals surface area contributed by atoms with Crippen LogP contribution in [0.2, 0.25) is 0 Å². The van der Waals surface area contributed by atoms with Gasteiger partial charge < -0.3 is 15.8 Å². The van der Waals surface area contributed by atoms with E-state index in [2.05, 4.69) is 12.2 Å². The summed E-state index contributed by atoms with van der Waals surface area (Å²) in [7, 11) is 0. The Balaban J connectivity index is 1.89. The molecule has 0 saturated carbocycles. The summed E-state index contributed by atoms with van der Waals surface area (Å²) in [5, 5.41) is 3.47. The number of carbonyl (C=O) groups excluding carboxylic acids is 2. The van der Waals surface area contributed by atoms with E-state index in [9.17, 15) is 9.59 Å². The van der Waals surface area contributed by atoms with Gasteiger partial charge in [-0.3, -0.25) is 9.59 Å². The van der Waals surface area contributed by atoms with Crippen molar-refractivity contribution in [1.29, 1.82) is 0 Å². The van der Waals surface area contributed by atoms with Crippen molar-refractivity contribution in [1.82, 2.24) is 0 Å². The second-order valence-corrected chi connectivity index (χ2v) is 7.96. The van der Waals surface area contributed by atoms with Crippen LogP contribution in [0.15, 0.2) is 24.3 Å². The summed E-state index contributed by atoms with van der Waals surface area (Å²) in [6.07, 6.45) is 5.22. The minimum atomic E-state index is -0.477. The van der Waals surface area contributed by atoms with Crippen molar-refractivity contribution in [3.8, 4) is 5.75 Å². The zero-order valence-electron chi connectivity index (χ0n) is 15.8. The first kappa shape index (κ1) is 19.4. The van der Waals surface area contributed by atoms with Crippen LogP contribution < -0.4 is 15.8 Å². The van der Waals surface area contributed by atoms with Gasteiger partial charge >= 0.3 is 0 Å². The summed E-state index contributed by atoms with van der Waals surface area (Å²) in [6.45, 7) is 4.54. The van der Waals surface area contributed by atoms with Crippen molar-refractivity contribution < 1.29 is 14.3 Å². The third kappa shape index (κ3) is 4.16. The molecule has 1 aromatic heterocycles. The van der Waals surface area contributed by atoms with E-state index < -0.39 is 5.91 Å². The Kier molecular flexibility index (Phi) is 6.16. The highest BCUT2D eigenvalue weighted by Gasteiger charge is 2.28. The van der Waals surface area contributed by atoms with Gasteiger partial charge in [0.2, 0.25) is 0 Å². The molecule has 0 aliphatic heterocycles. The van der Waals surface area contributed by atoms with Crippen molar-refractivity contribution in [2.45, 2.75) is 46.0 Å². The van der Waals surface area contributed by atoms with E-state index in [4.69, 9.17) is 10.5 Å². The normalized spacial score (nSPS) is 15.9. The topological polar surface area (TPSA) is 81.4 Å². The third-order valence-electron chi connectivity index (χ3n) is 4.97. The van der Waals surface area contributed by atoms with Gasteiger partial charge in [0.05, 0.1) is 17.7 Å². The fourth-order valence-corrected chi connectivity index (χ4v) is 5.13. The number of nitrogens with two attached hydrogens (primary N) is 1. The van der Waals surface area contributed by atoms with Crippen LogP contribution in [0.5, 0.6) is 5.75 Å². The molecule has 144 valence electrons. The van der Waals surface area contributed by atoms with Crippen molar-refractivity contribution >= 4 is 28.2 Å². The fraction of sp³-hybridized carbons (Fsp3) is 0.429. The Hall–Kier alpha value is -2.34. The minimum absolute atomic E-state index is 0.287. The SMILES string of the molecule is CCCC1CCc2c(sc(NC(=O)c3ccccc3OCC)c2C(N)=O)C1. The maximum atomic E-state index is 12.8. The molecule has 27 heavy (non-hydrogen) atoms. The summed E-state index contributed by atoms with van der Waals surface area (Å²) < 4.78 is 5.55. The van der Waals surface area contributed by atoms with E-state index in [-0.39, 0.29) is 5.91 Å². The van der Waals surface area contributed by atoms with Crippen LogP contribution in [0.3, 0.4) is 0 Å². The van der Waals surface area contributed by atoms with Gasteiger partial charge in [0.1, 0.15) is 10.8 Å². The third-order valence-corrected chi connectivity index (χ3v) is 6.14. The van der Waals surface area contributed by atoms with Crippen LogP contribution >= 0.6 is 11.3 Å². The Morgan fingerprint density at radius 1 is 1.30 bits per heavy atom. The molecule has 6 heteroatoms. The molecule has 0 fully saturated rings. The predicted molar refractivity (Wildman–Crippen MR) is 109 cm³/mol. The standard InChI is InChI=1S/C21H26N2O3S/c1-3-7-13-10-11-15-17(12-13)27-21(18(15)19(22)24)23-20(25)14-8-5-6-9-16(14)26-4-2/h5-6,8-9,13H,3-4,7,10-12H2,1-2H3,(H2,22,24)(H,23,25). The molecule has 0 spiro atoms. The smallest absolute Gasteiger partial charge is 0.260 e. The molecule has 1 aliphatic carbocycles. The number of thiophene rings is 1. The number of rotatable bonds is 7. The molecule has 1 unspecified atom stereocenters. The molecule has 2 aromatic rings. The van der Waals surface area contributed by atoms with E-state index in [0.29, 0.717) is 34.4 Å². The van der Waals surface area contributed by atoms with Gasteiger partial charge in [-0.15, -0.1) is 11.3 Å². The maximum Gasteiger partial charge on any atom is 0.260 e. The van der Waals surface area contributed by atoms with Crippen LogP contribution in [-0.2, 0) is 12.8 Å². The summed E-state index contributed by atoms with van der Waals surface area (Å²) in [5.41, 5.74) is 7.61. The summed E-state index contributed by atoms with van der Waals surface area (Å²) in [4.78, 5) is 26.1. The molecule has 1 aromatic carbocycles. The number of fused-ring (bicyclic) bond motifs is 1. The predicted octanol–water partition coefficient (Wildman–Crippen LogP) is 4.40. The van der Waals surface area contributed by atoms with Gasteiger partial charge in [-0.1, -0.05) is 31.9 Å². The van der Waals surface area contributed by atoms with Gasteiger partial charge in [-0.2, -0.15) is 0 Å². The summed E-state index contributed by atoms with van der Waals surface area (Å²) in [6, 6.07) is 7.10. The molecule has 0 bridgehead atoms. The Morgan fingerprint density at radius 2 is 2.07 bits per heavy atom. The number of para-hydroxylation sites is 1. The fourth-order valence-electron chi connectivity index (χ4n) is 3.76. The first-order valence-electron chi connectivity index (χ1n) is 9.52. The van der Waals surface area contributed by atoms with Crippen LogP contribution in [0, 0.1) is 5.92 Å². The lowest BCUT2D eigenvalue weighted by molar-refractivity contribution is 0.1000. The molecule has 2 amide bonds. The van der Waals surface area contributed by atoms with Crippen molar-refractivity contribution in [3.63, 3.8) is 0 Å². The number of carbonyl (C=O) groups is 2. The van der Waals surface area contributed by atoms with Gasteiger partial charge in [0.15, 0.2) is 0 Å². The highest BCUT2D eigenvalue weighted by atomic mass is 32.1. The highest BCUT2D eigenvalue weighted by molar-refractivity contribution is 7.17. The number of benzene rings is 1. The molecule has 0 radical (unpaired) electrons. The minimum Gasteiger partial charge on any atom is -0.493 e. The average Bonchev–Trinajstić information content (AvgIpc) is 3.00. The number of hydrogen-bond donors (Lipinski definition) is 2. The van der Waals surface area contributed by atoms with Crippen molar-refractivity contribution in [2.75, 3.05) is 11.9 Å². The van der Waals surface area contributed by atoms with Gasteiger partial charge in [0.25, 0.3) is 11.8 Å². The van der Waals surface area contributed by atoms with Crippen LogP contribution in [0.25, 0.3) is 0 Å². The maximum absolute atomic E-state index is 12.8. The zero-order valence-corrected chi connectivity index (χ0v) is 16.7. The van der Waals surface area contributed by atoms with E-state index in [1.165, 1.54) is 22.6 Å². The van der Waals surface area contributed by atoms with E-state index in [1.54, 1.807) is 18.2 Å².